The second-order valence-electron chi connectivity index (χ2n) is 6.56. The lowest BCUT2D eigenvalue weighted by molar-refractivity contribution is -0.146. The number of nitrogens with zero attached hydrogens (tertiary/aromatic N) is 3. The molecule has 2 aromatic rings. The average molecular weight is 371 g/mol. The van der Waals surface area contributed by atoms with E-state index in [4.69, 9.17) is 9.47 Å². The maximum atomic E-state index is 14.7. The Morgan fingerprint density at radius 2 is 2.00 bits per heavy atom. The minimum Gasteiger partial charge on any atom is -0.475 e. The van der Waals surface area contributed by atoms with Gasteiger partial charge in [-0.05, 0) is 39.3 Å². The summed E-state index contributed by atoms with van der Waals surface area (Å²) in [6, 6.07) is 6.36. The molecule has 142 valence electrons. The van der Waals surface area contributed by atoms with Crippen LogP contribution in [0.15, 0.2) is 35.6 Å². The van der Waals surface area contributed by atoms with Crippen LogP contribution in [0.4, 0.5) is 10.2 Å². The highest BCUT2D eigenvalue weighted by Gasteiger charge is 2.42. The Bertz CT molecular complexity index is 883. The van der Waals surface area contributed by atoms with Crippen LogP contribution in [0.5, 0.6) is 5.88 Å². The predicted octanol–water partition coefficient (Wildman–Crippen LogP) is 3.82. The highest BCUT2D eigenvalue weighted by atomic mass is 19.1. The van der Waals surface area contributed by atoms with E-state index in [9.17, 15) is 9.18 Å². The summed E-state index contributed by atoms with van der Waals surface area (Å²) in [7, 11) is 0. The van der Waals surface area contributed by atoms with E-state index in [0.29, 0.717) is 28.5 Å². The Kier molecular flexibility index (Phi) is 5.48. The summed E-state index contributed by atoms with van der Waals surface area (Å²) in [5, 5.41) is 0. The first-order valence-electron chi connectivity index (χ1n) is 8.91. The van der Waals surface area contributed by atoms with E-state index < -0.39 is 23.6 Å². The van der Waals surface area contributed by atoms with Crippen molar-refractivity contribution in [3.05, 3.63) is 47.5 Å². The zero-order valence-electron chi connectivity index (χ0n) is 15.8. The van der Waals surface area contributed by atoms with Gasteiger partial charge in [0.05, 0.1) is 18.3 Å². The number of rotatable bonds is 5. The van der Waals surface area contributed by atoms with Crippen LogP contribution < -0.4 is 4.74 Å². The Balaban J connectivity index is 2.25. The highest BCUT2D eigenvalue weighted by Crippen LogP contribution is 2.46. The fourth-order valence-corrected chi connectivity index (χ4v) is 3.29. The molecule has 2 unspecified atom stereocenters. The van der Waals surface area contributed by atoms with Crippen molar-refractivity contribution in [2.45, 2.75) is 39.7 Å². The third-order valence-corrected chi connectivity index (χ3v) is 4.33. The van der Waals surface area contributed by atoms with Crippen molar-refractivity contribution < 1.29 is 18.7 Å². The van der Waals surface area contributed by atoms with Gasteiger partial charge in [-0.25, -0.2) is 19.4 Å². The second kappa shape index (κ2) is 7.82. The second-order valence-corrected chi connectivity index (χ2v) is 6.56. The van der Waals surface area contributed by atoms with E-state index in [1.54, 1.807) is 32.0 Å². The number of hydrogen-bond donors (Lipinski definition) is 0. The molecule has 0 saturated carbocycles. The van der Waals surface area contributed by atoms with Crippen molar-refractivity contribution in [2.75, 3.05) is 6.61 Å². The van der Waals surface area contributed by atoms with Crippen LogP contribution in [0.25, 0.3) is 0 Å². The first kappa shape index (κ1) is 18.9. The van der Waals surface area contributed by atoms with Crippen molar-refractivity contribution in [3.63, 3.8) is 0 Å². The molecule has 0 radical (unpaired) electrons. The lowest BCUT2D eigenvalue weighted by Gasteiger charge is -2.31. The standard InChI is InChI=1S/C20H22FN3O3/c1-5-26-20(25)15-12(4)24-18-17(19(23-10-22-18)27-11(2)3)16(15)13-8-6-7-9-14(13)21/h6-11,15-16H,5H2,1-4H3. The van der Waals surface area contributed by atoms with Crippen molar-refractivity contribution in [1.29, 1.82) is 0 Å². The Hall–Kier alpha value is -2.83. The summed E-state index contributed by atoms with van der Waals surface area (Å²) in [5.74, 6) is -1.67. The highest BCUT2D eigenvalue weighted by molar-refractivity contribution is 6.05. The number of ether oxygens (including phenoxy) is 2. The molecule has 0 saturated heterocycles. The molecule has 0 amide bonds. The van der Waals surface area contributed by atoms with Crippen LogP contribution in [0, 0.1) is 11.7 Å². The predicted molar refractivity (Wildman–Crippen MR) is 98.9 cm³/mol. The number of halogens is 1. The molecule has 1 aromatic carbocycles. The first-order chi connectivity index (χ1) is 12.9. The van der Waals surface area contributed by atoms with Crippen LogP contribution in [0.1, 0.15) is 44.7 Å². The van der Waals surface area contributed by atoms with Gasteiger partial charge in [0.1, 0.15) is 18.1 Å². The monoisotopic (exact) mass is 371 g/mol. The minimum absolute atomic E-state index is 0.154. The van der Waals surface area contributed by atoms with Crippen molar-refractivity contribution >= 4 is 17.5 Å². The van der Waals surface area contributed by atoms with Crippen molar-refractivity contribution in [3.8, 4) is 5.88 Å². The average Bonchev–Trinajstić information content (AvgIpc) is 2.61. The number of carbonyl (C=O) groups is 1. The number of aromatic nitrogens is 2. The Morgan fingerprint density at radius 3 is 2.67 bits per heavy atom. The summed E-state index contributed by atoms with van der Waals surface area (Å²) in [6.07, 6.45) is 1.20. The normalized spacial score (nSPS) is 18.7. The van der Waals surface area contributed by atoms with Crippen LogP contribution in [0.2, 0.25) is 0 Å². The van der Waals surface area contributed by atoms with E-state index in [0.717, 1.165) is 0 Å². The molecule has 3 rings (SSSR count). The van der Waals surface area contributed by atoms with Gasteiger partial charge in [-0.15, -0.1) is 0 Å². The first-order valence-corrected chi connectivity index (χ1v) is 8.91. The molecule has 0 N–H and O–H groups in total. The van der Waals surface area contributed by atoms with Crippen molar-refractivity contribution in [2.24, 2.45) is 10.9 Å². The van der Waals surface area contributed by atoms with E-state index in [-0.39, 0.29) is 12.7 Å². The molecule has 0 spiro atoms. The fraction of sp³-hybridized carbons (Fsp3) is 0.400. The third kappa shape index (κ3) is 3.67. The lowest BCUT2D eigenvalue weighted by atomic mass is 9.77. The smallest absolute Gasteiger partial charge is 0.315 e. The van der Waals surface area contributed by atoms with E-state index in [2.05, 4.69) is 15.0 Å². The molecule has 2 heterocycles. The van der Waals surface area contributed by atoms with E-state index in [1.807, 2.05) is 13.8 Å². The molecule has 2 atom stereocenters. The molecule has 7 heteroatoms. The quantitative estimate of drug-likeness (QED) is 0.747. The van der Waals surface area contributed by atoms with Gasteiger partial charge in [0, 0.05) is 11.6 Å². The van der Waals surface area contributed by atoms with Crippen LogP contribution in [-0.2, 0) is 9.53 Å². The van der Waals surface area contributed by atoms with Gasteiger partial charge in [0.15, 0.2) is 5.82 Å². The number of hydrogen-bond acceptors (Lipinski definition) is 6. The molecule has 0 bridgehead atoms. The van der Waals surface area contributed by atoms with Crippen molar-refractivity contribution in [1.82, 2.24) is 9.97 Å². The summed E-state index contributed by atoms with van der Waals surface area (Å²) >= 11 is 0. The third-order valence-electron chi connectivity index (χ3n) is 4.33. The number of esters is 1. The molecule has 0 aliphatic carbocycles. The maximum Gasteiger partial charge on any atom is 0.315 e. The largest absolute Gasteiger partial charge is 0.475 e. The van der Waals surface area contributed by atoms with Gasteiger partial charge < -0.3 is 9.47 Å². The van der Waals surface area contributed by atoms with Crippen LogP contribution in [-0.4, -0.2) is 34.4 Å². The topological polar surface area (TPSA) is 73.7 Å². The SMILES string of the molecule is CCOC(=O)C1C(C)=Nc2ncnc(OC(C)C)c2C1c1ccccc1F. The van der Waals surface area contributed by atoms with Gasteiger partial charge in [-0.3, -0.25) is 4.79 Å². The number of fused-ring (bicyclic) bond motifs is 1. The number of benzene rings is 1. The van der Waals surface area contributed by atoms with E-state index in [1.165, 1.54) is 12.4 Å². The molecular weight excluding hydrogens is 349 g/mol. The zero-order valence-corrected chi connectivity index (χ0v) is 15.8. The lowest BCUT2D eigenvalue weighted by Crippen LogP contribution is -2.34. The molecular formula is C20H22FN3O3. The summed E-state index contributed by atoms with van der Waals surface area (Å²) < 4.78 is 25.8. The van der Waals surface area contributed by atoms with Gasteiger partial charge in [0.2, 0.25) is 5.88 Å². The Labute approximate surface area is 157 Å². The van der Waals surface area contributed by atoms with Gasteiger partial charge in [-0.2, -0.15) is 0 Å². The van der Waals surface area contributed by atoms with Gasteiger partial charge in [-0.1, -0.05) is 18.2 Å². The number of aliphatic imine (C=N–C) groups is 1. The fourth-order valence-electron chi connectivity index (χ4n) is 3.29. The number of carbonyl (C=O) groups excluding carboxylic acids is 1. The minimum atomic E-state index is -0.783. The maximum absolute atomic E-state index is 14.7. The summed E-state index contributed by atoms with van der Waals surface area (Å²) in [6.45, 7) is 7.42. The molecule has 6 nitrogen and oxygen atoms in total. The molecule has 1 aliphatic rings. The zero-order chi connectivity index (χ0) is 19.6. The molecule has 1 aromatic heterocycles. The molecule has 0 fully saturated rings. The Morgan fingerprint density at radius 1 is 1.26 bits per heavy atom. The van der Waals surface area contributed by atoms with Crippen LogP contribution in [0.3, 0.4) is 0 Å². The summed E-state index contributed by atoms with van der Waals surface area (Å²) in [4.78, 5) is 25.7. The molecule has 1 aliphatic heterocycles. The molecule has 27 heavy (non-hydrogen) atoms. The van der Waals surface area contributed by atoms with Gasteiger partial charge in [0.25, 0.3) is 0 Å². The van der Waals surface area contributed by atoms with Gasteiger partial charge >= 0.3 is 5.97 Å². The van der Waals surface area contributed by atoms with Crippen LogP contribution >= 0.6 is 0 Å². The van der Waals surface area contributed by atoms with E-state index >= 15 is 0 Å². The summed E-state index contributed by atoms with van der Waals surface area (Å²) in [5.41, 5.74) is 1.37.